The Hall–Kier alpha value is -1.56. The highest BCUT2D eigenvalue weighted by atomic mass is 14.4. The van der Waals surface area contributed by atoms with Crippen molar-refractivity contribution >= 4 is 0 Å². The van der Waals surface area contributed by atoms with Gasteiger partial charge in [0.15, 0.2) is 0 Å². The smallest absolute Gasteiger partial charge is 0.0307 e. The summed E-state index contributed by atoms with van der Waals surface area (Å²) < 4.78 is 17.3. The molecule has 0 heterocycles. The van der Waals surface area contributed by atoms with Gasteiger partial charge in [0, 0.05) is 14.6 Å². The van der Waals surface area contributed by atoms with Crippen molar-refractivity contribution in [3.63, 3.8) is 0 Å². The lowest BCUT2D eigenvalue weighted by Gasteiger charge is -2.38. The van der Waals surface area contributed by atoms with Crippen LogP contribution in [0.3, 0.4) is 0 Å². The lowest BCUT2D eigenvalue weighted by atomic mass is 9.66. The first kappa shape index (κ1) is 11.1. The highest BCUT2D eigenvalue weighted by Gasteiger charge is 2.34. The van der Waals surface area contributed by atoms with Crippen molar-refractivity contribution in [2.24, 2.45) is 11.8 Å². The zero-order valence-corrected chi connectivity index (χ0v) is 12.8. The van der Waals surface area contributed by atoms with Gasteiger partial charge in [0.25, 0.3) is 0 Å². The predicted molar refractivity (Wildman–Crippen MR) is 86.2 cm³/mol. The van der Waals surface area contributed by atoms with Gasteiger partial charge in [0.1, 0.15) is 0 Å². The molecule has 0 N–H and O–H groups in total. The molecule has 104 valence electrons. The molecule has 0 fully saturated rings. The molecule has 2 aromatic carbocycles. The SMILES string of the molecule is [2H]C(C)(C)C1c2ccccc2C(C([2H])(C)C)c2ccccc21. The van der Waals surface area contributed by atoms with Crippen molar-refractivity contribution < 1.29 is 2.74 Å². The second-order valence-electron chi connectivity index (χ2n) is 6.28. The van der Waals surface area contributed by atoms with E-state index in [4.69, 9.17) is 2.74 Å². The van der Waals surface area contributed by atoms with Crippen LogP contribution in [0, 0.1) is 11.8 Å². The van der Waals surface area contributed by atoms with Crippen LogP contribution in [0.25, 0.3) is 0 Å². The molecule has 1 aliphatic carbocycles. The van der Waals surface area contributed by atoms with Crippen molar-refractivity contribution in [3.8, 4) is 0 Å². The van der Waals surface area contributed by atoms with Crippen molar-refractivity contribution in [2.45, 2.75) is 39.5 Å². The molecule has 0 saturated carbocycles. The average Bonchev–Trinajstić information content (AvgIpc) is 2.41. The molecule has 20 heavy (non-hydrogen) atoms. The van der Waals surface area contributed by atoms with Gasteiger partial charge in [-0.15, -0.1) is 0 Å². The minimum absolute atomic E-state index is 0.0542. The van der Waals surface area contributed by atoms with Gasteiger partial charge < -0.3 is 0 Å². The van der Waals surface area contributed by atoms with E-state index in [2.05, 4.69) is 48.5 Å². The van der Waals surface area contributed by atoms with Gasteiger partial charge in [0.05, 0.1) is 0 Å². The van der Waals surface area contributed by atoms with E-state index in [0.717, 1.165) is 0 Å². The molecule has 1 aliphatic rings. The summed E-state index contributed by atoms with van der Waals surface area (Å²) in [7, 11) is 0. The fourth-order valence-electron chi connectivity index (χ4n) is 3.65. The minimum atomic E-state index is -0.594. The number of rotatable bonds is 2. The third-order valence-electron chi connectivity index (χ3n) is 4.39. The fourth-order valence-corrected chi connectivity index (χ4v) is 3.65. The summed E-state index contributed by atoms with van der Waals surface area (Å²) in [5, 5.41) is 0. The largest absolute Gasteiger partial charge is 0.0620 e. The van der Waals surface area contributed by atoms with Gasteiger partial charge in [-0.3, -0.25) is 0 Å². The summed E-state index contributed by atoms with van der Waals surface area (Å²) in [6, 6.07) is 16.8. The van der Waals surface area contributed by atoms with E-state index in [1.165, 1.54) is 22.3 Å². The van der Waals surface area contributed by atoms with E-state index in [-0.39, 0.29) is 11.8 Å². The zero-order chi connectivity index (χ0) is 16.1. The molecule has 0 unspecified atom stereocenters. The first-order chi connectivity index (χ1) is 10.2. The highest BCUT2D eigenvalue weighted by molar-refractivity contribution is 5.53. The van der Waals surface area contributed by atoms with Crippen LogP contribution in [0.5, 0.6) is 0 Å². The number of hydrogen-bond donors (Lipinski definition) is 0. The van der Waals surface area contributed by atoms with E-state index in [0.29, 0.717) is 0 Å². The summed E-state index contributed by atoms with van der Waals surface area (Å²) in [5.74, 6) is -1.08. The Balaban J connectivity index is 2.34. The van der Waals surface area contributed by atoms with E-state index in [9.17, 15) is 0 Å². The number of benzene rings is 2. The quantitative estimate of drug-likeness (QED) is 0.666. The lowest BCUT2D eigenvalue weighted by Crippen LogP contribution is -2.24. The number of hydrogen-bond acceptors (Lipinski definition) is 0. The molecule has 0 atom stereocenters. The Morgan fingerprint density at radius 2 is 0.900 bits per heavy atom. The Morgan fingerprint density at radius 1 is 0.650 bits per heavy atom. The molecule has 2 aromatic rings. The molecule has 0 amide bonds. The monoisotopic (exact) mass is 266 g/mol. The van der Waals surface area contributed by atoms with Crippen LogP contribution >= 0.6 is 0 Å². The summed E-state index contributed by atoms with van der Waals surface area (Å²) in [4.78, 5) is 0. The van der Waals surface area contributed by atoms with E-state index in [1.54, 1.807) is 0 Å². The first-order valence-electron chi connectivity index (χ1n) is 8.39. The lowest BCUT2D eigenvalue weighted by molar-refractivity contribution is 0.494. The van der Waals surface area contributed by atoms with Crippen LogP contribution < -0.4 is 0 Å². The Bertz CT molecular complexity index is 582. The topological polar surface area (TPSA) is 0 Å². The minimum Gasteiger partial charge on any atom is -0.0620 e. The molecule has 0 aromatic heterocycles. The first-order valence-corrected chi connectivity index (χ1v) is 7.39. The molecule has 0 spiro atoms. The Morgan fingerprint density at radius 3 is 1.10 bits per heavy atom. The molecule has 0 radical (unpaired) electrons. The van der Waals surface area contributed by atoms with Gasteiger partial charge in [-0.1, -0.05) is 76.2 Å². The fraction of sp³-hybridized carbons (Fsp3) is 0.400. The van der Waals surface area contributed by atoms with Crippen molar-refractivity contribution in [1.82, 2.24) is 0 Å². The molecular weight excluding hydrogens is 240 g/mol. The summed E-state index contributed by atoms with van der Waals surface area (Å²) in [6.45, 7) is 7.93. The zero-order valence-electron chi connectivity index (χ0n) is 14.8. The Labute approximate surface area is 125 Å². The van der Waals surface area contributed by atoms with E-state index in [1.807, 2.05) is 27.7 Å². The van der Waals surface area contributed by atoms with Gasteiger partial charge in [-0.2, -0.15) is 0 Å². The average molecular weight is 266 g/mol. The van der Waals surface area contributed by atoms with Crippen molar-refractivity contribution in [3.05, 3.63) is 70.8 Å². The molecular formula is C20H24. The molecule has 0 nitrogen and oxygen atoms in total. The second-order valence-corrected chi connectivity index (χ2v) is 6.28. The van der Waals surface area contributed by atoms with Crippen LogP contribution in [-0.4, -0.2) is 0 Å². The van der Waals surface area contributed by atoms with Crippen LogP contribution in [0.15, 0.2) is 48.5 Å². The standard InChI is InChI=1S/C20H24/c1-13(2)19-15-9-5-7-11-17(15)20(14(3)4)18-12-8-6-10-16(18)19/h5-14,19-20H,1-4H3/i13D,14D. The van der Waals surface area contributed by atoms with Crippen LogP contribution in [0.2, 0.25) is 0 Å². The summed E-state index contributed by atoms with van der Waals surface area (Å²) in [6.07, 6.45) is 0. The maximum atomic E-state index is 8.66. The molecule has 0 bridgehead atoms. The second kappa shape index (κ2) is 5.09. The van der Waals surface area contributed by atoms with Crippen LogP contribution in [-0.2, 0) is 0 Å². The third-order valence-corrected chi connectivity index (χ3v) is 4.39. The van der Waals surface area contributed by atoms with Gasteiger partial charge in [-0.25, -0.2) is 0 Å². The van der Waals surface area contributed by atoms with Gasteiger partial charge >= 0.3 is 0 Å². The van der Waals surface area contributed by atoms with Gasteiger partial charge in [0.2, 0.25) is 0 Å². The van der Waals surface area contributed by atoms with Crippen LogP contribution in [0.4, 0.5) is 0 Å². The van der Waals surface area contributed by atoms with E-state index < -0.39 is 11.8 Å². The molecule has 0 aliphatic heterocycles. The van der Waals surface area contributed by atoms with Crippen molar-refractivity contribution in [2.75, 3.05) is 0 Å². The summed E-state index contributed by atoms with van der Waals surface area (Å²) in [5.41, 5.74) is 4.86. The predicted octanol–water partition coefficient (Wildman–Crippen LogP) is 5.58. The molecule has 3 rings (SSSR count). The number of fused-ring (bicyclic) bond motifs is 2. The van der Waals surface area contributed by atoms with Crippen LogP contribution in [0.1, 0.15) is 64.5 Å². The highest BCUT2D eigenvalue weighted by Crippen LogP contribution is 2.48. The molecule has 0 heteroatoms. The maximum absolute atomic E-state index is 8.66. The normalized spacial score (nSPS) is 23.4. The Kier molecular flexibility index (Phi) is 2.83. The third kappa shape index (κ3) is 1.98. The van der Waals surface area contributed by atoms with E-state index >= 15 is 0 Å². The molecule has 0 saturated heterocycles. The van der Waals surface area contributed by atoms with Crippen molar-refractivity contribution in [1.29, 1.82) is 0 Å². The summed E-state index contributed by atoms with van der Waals surface area (Å²) >= 11 is 0. The maximum Gasteiger partial charge on any atom is 0.0307 e. The van der Waals surface area contributed by atoms with Gasteiger partial charge in [-0.05, 0) is 34.0 Å².